The molecule has 0 aromatic rings. The first-order chi connectivity index (χ1) is 8.88. The van der Waals surface area contributed by atoms with E-state index in [0.29, 0.717) is 16.2 Å². The van der Waals surface area contributed by atoms with Crippen molar-refractivity contribution in [2.45, 2.75) is 77.2 Å². The second-order valence-corrected chi connectivity index (χ2v) is 9.99. The van der Waals surface area contributed by atoms with E-state index in [1.165, 1.54) is 57.8 Å². The molecule has 2 N–H and O–H groups in total. The Morgan fingerprint density at radius 1 is 0.842 bits per heavy atom. The van der Waals surface area contributed by atoms with Crippen molar-refractivity contribution in [1.29, 1.82) is 0 Å². The normalized spacial score (nSPS) is 69.3. The van der Waals surface area contributed by atoms with Gasteiger partial charge in [-0.15, -0.1) is 0 Å². The Hall–Kier alpha value is -0.0400. The third kappa shape index (κ3) is 1.19. The van der Waals surface area contributed by atoms with E-state index in [-0.39, 0.29) is 5.54 Å². The van der Waals surface area contributed by atoms with Crippen LogP contribution in [-0.4, -0.2) is 5.54 Å². The maximum absolute atomic E-state index is 7.11. The Morgan fingerprint density at radius 3 is 1.95 bits per heavy atom. The van der Waals surface area contributed by atoms with E-state index < -0.39 is 0 Å². The highest BCUT2D eigenvalue weighted by Gasteiger charge is 2.76. The van der Waals surface area contributed by atoms with Gasteiger partial charge in [-0.05, 0) is 85.4 Å². The molecule has 19 heavy (non-hydrogen) atoms. The number of hydrogen-bond donors (Lipinski definition) is 1. The number of rotatable bonds is 1. The molecule has 6 aliphatic carbocycles. The van der Waals surface area contributed by atoms with Gasteiger partial charge in [0.15, 0.2) is 0 Å². The number of nitrogens with two attached hydrogens (primary N) is 1. The molecule has 6 fully saturated rings. The summed E-state index contributed by atoms with van der Waals surface area (Å²) < 4.78 is 0. The van der Waals surface area contributed by atoms with E-state index in [1.54, 1.807) is 0 Å². The average Bonchev–Trinajstić information content (AvgIpc) is 2.68. The highest BCUT2D eigenvalue weighted by Crippen LogP contribution is 2.79. The molecular formula is C18H29N. The summed E-state index contributed by atoms with van der Waals surface area (Å²) in [7, 11) is 0. The fourth-order valence-corrected chi connectivity index (χ4v) is 8.72. The summed E-state index contributed by atoms with van der Waals surface area (Å²) in [5.41, 5.74) is 9.20. The van der Waals surface area contributed by atoms with Gasteiger partial charge in [-0.3, -0.25) is 0 Å². The molecule has 1 nitrogen and oxygen atoms in total. The predicted octanol–water partition coefficient (Wildman–Crippen LogP) is 4.11. The van der Waals surface area contributed by atoms with E-state index in [0.717, 1.165) is 17.8 Å². The molecule has 0 heterocycles. The van der Waals surface area contributed by atoms with E-state index >= 15 is 0 Å². The Bertz CT molecular complexity index is 425. The van der Waals surface area contributed by atoms with Gasteiger partial charge in [0, 0.05) is 5.54 Å². The standard InChI is InChI=1S/C18H29N/c1-15-6-12-7-16(2,9-15)11-17(8-12,10-15)18(19)13-4-3-5-14(13)18/h12-14H,3-11,19H2,1-2H3. The van der Waals surface area contributed by atoms with E-state index in [2.05, 4.69) is 13.8 Å². The molecule has 4 bridgehead atoms. The average molecular weight is 259 g/mol. The van der Waals surface area contributed by atoms with Gasteiger partial charge < -0.3 is 5.73 Å². The van der Waals surface area contributed by atoms with Gasteiger partial charge in [0.25, 0.3) is 0 Å². The molecule has 4 unspecified atom stereocenters. The van der Waals surface area contributed by atoms with Crippen LogP contribution in [0.1, 0.15) is 71.6 Å². The minimum Gasteiger partial charge on any atom is -0.324 e. The third-order valence-corrected chi connectivity index (χ3v) is 8.18. The molecule has 0 saturated heterocycles. The summed E-state index contributed by atoms with van der Waals surface area (Å²) in [5, 5.41) is 0. The highest BCUT2D eigenvalue weighted by molar-refractivity contribution is 5.30. The van der Waals surface area contributed by atoms with E-state index in [1.807, 2.05) is 0 Å². The number of hydrogen-bond acceptors (Lipinski definition) is 1. The van der Waals surface area contributed by atoms with Gasteiger partial charge in [-0.25, -0.2) is 0 Å². The van der Waals surface area contributed by atoms with Crippen molar-refractivity contribution >= 4 is 0 Å². The van der Waals surface area contributed by atoms with Crippen molar-refractivity contribution in [2.24, 2.45) is 39.7 Å². The molecule has 0 radical (unpaired) electrons. The van der Waals surface area contributed by atoms with E-state index in [9.17, 15) is 0 Å². The monoisotopic (exact) mass is 259 g/mol. The molecule has 0 aromatic carbocycles. The van der Waals surface area contributed by atoms with Gasteiger partial charge in [0.2, 0.25) is 0 Å². The molecule has 6 aliphatic rings. The molecule has 0 aliphatic heterocycles. The van der Waals surface area contributed by atoms with E-state index in [4.69, 9.17) is 5.73 Å². The van der Waals surface area contributed by atoms with Crippen molar-refractivity contribution < 1.29 is 0 Å². The van der Waals surface area contributed by atoms with Gasteiger partial charge in [-0.1, -0.05) is 20.3 Å². The first kappa shape index (κ1) is 11.6. The summed E-state index contributed by atoms with van der Waals surface area (Å²) in [6.07, 6.45) is 13.3. The fraction of sp³-hybridized carbons (Fsp3) is 1.00. The summed E-state index contributed by atoms with van der Waals surface area (Å²) in [4.78, 5) is 0. The Morgan fingerprint density at radius 2 is 1.42 bits per heavy atom. The van der Waals surface area contributed by atoms with Crippen LogP contribution in [0.2, 0.25) is 0 Å². The molecule has 1 heteroatoms. The fourth-order valence-electron chi connectivity index (χ4n) is 8.72. The topological polar surface area (TPSA) is 26.0 Å². The first-order valence-electron chi connectivity index (χ1n) is 8.67. The van der Waals surface area contributed by atoms with Gasteiger partial charge in [0.05, 0.1) is 0 Å². The molecule has 0 amide bonds. The molecule has 0 aromatic heterocycles. The lowest BCUT2D eigenvalue weighted by Crippen LogP contribution is -2.63. The minimum absolute atomic E-state index is 0.271. The lowest BCUT2D eigenvalue weighted by Gasteiger charge is -2.67. The maximum atomic E-state index is 7.11. The van der Waals surface area contributed by atoms with Gasteiger partial charge in [-0.2, -0.15) is 0 Å². The Labute approximate surface area is 117 Å². The van der Waals surface area contributed by atoms with Crippen LogP contribution in [-0.2, 0) is 0 Å². The largest absolute Gasteiger partial charge is 0.324 e. The molecule has 6 rings (SSSR count). The van der Waals surface area contributed by atoms with Gasteiger partial charge in [0.1, 0.15) is 0 Å². The quantitative estimate of drug-likeness (QED) is 0.753. The van der Waals surface area contributed by atoms with Crippen LogP contribution in [0.15, 0.2) is 0 Å². The zero-order valence-electron chi connectivity index (χ0n) is 12.7. The molecule has 106 valence electrons. The van der Waals surface area contributed by atoms with Crippen molar-refractivity contribution in [3.05, 3.63) is 0 Å². The second kappa shape index (κ2) is 2.93. The molecule has 6 saturated carbocycles. The summed E-state index contributed by atoms with van der Waals surface area (Å²) in [6, 6.07) is 0. The molecule has 0 spiro atoms. The molecular weight excluding hydrogens is 230 g/mol. The predicted molar refractivity (Wildman–Crippen MR) is 77.6 cm³/mol. The summed E-state index contributed by atoms with van der Waals surface area (Å²) >= 11 is 0. The smallest absolute Gasteiger partial charge is 0.0275 e. The lowest BCUT2D eigenvalue weighted by atomic mass is 9.38. The SMILES string of the molecule is CC12CC3CC(C)(C1)CC(C1(N)C4CCCC41)(C3)C2. The van der Waals surface area contributed by atoms with Crippen LogP contribution in [0.4, 0.5) is 0 Å². The summed E-state index contributed by atoms with van der Waals surface area (Å²) in [5.74, 6) is 2.83. The number of fused-ring (bicyclic) bond motifs is 1. The van der Waals surface area contributed by atoms with Crippen LogP contribution in [0.25, 0.3) is 0 Å². The van der Waals surface area contributed by atoms with Gasteiger partial charge >= 0.3 is 0 Å². The zero-order valence-corrected chi connectivity index (χ0v) is 12.7. The Kier molecular flexibility index (Phi) is 1.79. The lowest BCUT2D eigenvalue weighted by molar-refractivity contribution is -0.163. The third-order valence-electron chi connectivity index (χ3n) is 8.18. The second-order valence-electron chi connectivity index (χ2n) is 9.99. The van der Waals surface area contributed by atoms with Crippen LogP contribution in [0.5, 0.6) is 0 Å². The van der Waals surface area contributed by atoms with Crippen molar-refractivity contribution in [3.8, 4) is 0 Å². The van der Waals surface area contributed by atoms with Crippen molar-refractivity contribution in [2.75, 3.05) is 0 Å². The summed E-state index contributed by atoms with van der Waals surface area (Å²) in [6.45, 7) is 5.18. The zero-order chi connectivity index (χ0) is 13.1. The molecule has 4 atom stereocenters. The van der Waals surface area contributed by atoms with Crippen LogP contribution in [0.3, 0.4) is 0 Å². The van der Waals surface area contributed by atoms with Crippen molar-refractivity contribution in [3.63, 3.8) is 0 Å². The minimum atomic E-state index is 0.271. The van der Waals surface area contributed by atoms with Crippen molar-refractivity contribution in [1.82, 2.24) is 0 Å². The first-order valence-corrected chi connectivity index (χ1v) is 8.67. The highest BCUT2D eigenvalue weighted by atomic mass is 15.0. The van der Waals surface area contributed by atoms with Crippen LogP contribution < -0.4 is 5.73 Å². The van der Waals surface area contributed by atoms with Crippen LogP contribution >= 0.6 is 0 Å². The Balaban J connectivity index is 1.59. The maximum Gasteiger partial charge on any atom is 0.0275 e. The van der Waals surface area contributed by atoms with Crippen LogP contribution in [0, 0.1) is 34.0 Å².